The summed E-state index contributed by atoms with van der Waals surface area (Å²) in [4.78, 5) is 22.7. The number of esters is 2. The van der Waals surface area contributed by atoms with E-state index in [4.69, 9.17) is 20.9 Å². The highest BCUT2D eigenvalue weighted by molar-refractivity contribution is 5.96. The van der Waals surface area contributed by atoms with E-state index in [0.29, 0.717) is 5.69 Å². The molecule has 1 unspecified atom stereocenters. The van der Waals surface area contributed by atoms with Crippen molar-refractivity contribution in [2.24, 2.45) is 0 Å². The van der Waals surface area contributed by atoms with E-state index in [1.165, 1.54) is 12.1 Å². The Labute approximate surface area is 111 Å². The Morgan fingerprint density at radius 3 is 2.74 bits per heavy atom. The van der Waals surface area contributed by atoms with Gasteiger partial charge in [0.1, 0.15) is 12.7 Å². The third-order valence-electron chi connectivity index (χ3n) is 2.23. The number of nitrogen functional groups attached to an aromatic ring is 2. The molecule has 0 bridgehead atoms. The topological polar surface area (TPSA) is 105 Å². The normalized spacial score (nSPS) is 11.4. The molecule has 0 aromatic heterocycles. The molecule has 0 aliphatic rings. The van der Waals surface area contributed by atoms with Gasteiger partial charge in [-0.05, 0) is 25.1 Å². The van der Waals surface area contributed by atoms with Gasteiger partial charge in [0.05, 0.1) is 5.56 Å². The van der Waals surface area contributed by atoms with E-state index in [2.05, 4.69) is 6.58 Å². The van der Waals surface area contributed by atoms with Crippen molar-refractivity contribution in [1.82, 2.24) is 0 Å². The van der Waals surface area contributed by atoms with Gasteiger partial charge in [0.25, 0.3) is 0 Å². The Hall–Kier alpha value is -2.50. The van der Waals surface area contributed by atoms with Crippen molar-refractivity contribution in [2.75, 3.05) is 18.1 Å². The molecule has 4 N–H and O–H groups in total. The molecular weight excluding hydrogens is 248 g/mol. The number of benzene rings is 1. The standard InChI is InChI=1S/C13H16N2O4/c1-3-12(16)19-8(2)7-18-13(17)10-6-9(14)4-5-11(10)15/h3-6,8H,1,7,14-15H2,2H3. The van der Waals surface area contributed by atoms with Crippen molar-refractivity contribution in [3.05, 3.63) is 36.4 Å². The van der Waals surface area contributed by atoms with Gasteiger partial charge in [0, 0.05) is 17.5 Å². The number of carbonyl (C=O) groups is 2. The summed E-state index contributed by atoms with van der Waals surface area (Å²) < 4.78 is 9.83. The van der Waals surface area contributed by atoms with Crippen LogP contribution in [-0.4, -0.2) is 24.6 Å². The van der Waals surface area contributed by atoms with Crippen molar-refractivity contribution in [3.63, 3.8) is 0 Å². The lowest BCUT2D eigenvalue weighted by Crippen LogP contribution is -2.22. The van der Waals surface area contributed by atoms with Gasteiger partial charge in [-0.2, -0.15) is 0 Å². The first-order valence-electron chi connectivity index (χ1n) is 5.59. The Morgan fingerprint density at radius 1 is 1.42 bits per heavy atom. The zero-order valence-corrected chi connectivity index (χ0v) is 10.6. The minimum absolute atomic E-state index is 0.0767. The second-order valence-corrected chi connectivity index (χ2v) is 3.90. The maximum Gasteiger partial charge on any atom is 0.340 e. The van der Waals surface area contributed by atoms with E-state index in [1.54, 1.807) is 13.0 Å². The van der Waals surface area contributed by atoms with E-state index in [9.17, 15) is 9.59 Å². The SMILES string of the molecule is C=CC(=O)OC(C)COC(=O)c1cc(N)ccc1N. The first kappa shape index (κ1) is 14.6. The van der Waals surface area contributed by atoms with Crippen LogP contribution in [0.3, 0.4) is 0 Å². The van der Waals surface area contributed by atoms with Crippen LogP contribution >= 0.6 is 0 Å². The van der Waals surface area contributed by atoms with Crippen molar-refractivity contribution in [1.29, 1.82) is 0 Å². The lowest BCUT2D eigenvalue weighted by atomic mass is 10.1. The molecule has 6 heteroatoms. The van der Waals surface area contributed by atoms with Gasteiger partial charge in [-0.15, -0.1) is 0 Å². The van der Waals surface area contributed by atoms with Crippen LogP contribution in [0.25, 0.3) is 0 Å². The predicted octanol–water partition coefficient (Wildman–Crippen LogP) is 1.13. The quantitative estimate of drug-likeness (QED) is 0.469. The molecule has 19 heavy (non-hydrogen) atoms. The van der Waals surface area contributed by atoms with E-state index in [-0.39, 0.29) is 17.9 Å². The molecule has 0 fully saturated rings. The van der Waals surface area contributed by atoms with Crippen LogP contribution in [0.4, 0.5) is 11.4 Å². The summed E-state index contributed by atoms with van der Waals surface area (Å²) in [6.45, 7) is 4.78. The van der Waals surface area contributed by atoms with Crippen LogP contribution in [-0.2, 0) is 14.3 Å². The van der Waals surface area contributed by atoms with Gasteiger partial charge in [-0.3, -0.25) is 0 Å². The maximum absolute atomic E-state index is 11.8. The summed E-state index contributed by atoms with van der Waals surface area (Å²) in [5, 5.41) is 0. The molecule has 0 aliphatic carbocycles. The molecule has 6 nitrogen and oxygen atoms in total. The van der Waals surface area contributed by atoms with E-state index in [0.717, 1.165) is 6.08 Å². The molecule has 1 atom stereocenters. The molecule has 0 saturated carbocycles. The number of ether oxygens (including phenoxy) is 2. The first-order chi connectivity index (χ1) is 8.93. The molecule has 0 amide bonds. The number of nitrogens with two attached hydrogens (primary N) is 2. The summed E-state index contributed by atoms with van der Waals surface area (Å²) in [6, 6.07) is 4.53. The number of hydrogen-bond donors (Lipinski definition) is 2. The zero-order chi connectivity index (χ0) is 14.4. The highest BCUT2D eigenvalue weighted by Gasteiger charge is 2.14. The predicted molar refractivity (Wildman–Crippen MR) is 71.3 cm³/mol. The van der Waals surface area contributed by atoms with Crippen molar-refractivity contribution in [3.8, 4) is 0 Å². The first-order valence-corrected chi connectivity index (χ1v) is 5.59. The van der Waals surface area contributed by atoms with Gasteiger partial charge in [-0.25, -0.2) is 9.59 Å². The minimum Gasteiger partial charge on any atom is -0.458 e. The largest absolute Gasteiger partial charge is 0.458 e. The number of rotatable bonds is 5. The minimum atomic E-state index is -0.619. The molecule has 102 valence electrons. The van der Waals surface area contributed by atoms with Crippen LogP contribution in [0, 0.1) is 0 Å². The van der Waals surface area contributed by atoms with E-state index in [1.807, 2.05) is 0 Å². The fourth-order valence-electron chi connectivity index (χ4n) is 1.30. The smallest absolute Gasteiger partial charge is 0.340 e. The number of anilines is 2. The molecule has 0 spiro atoms. The Balaban J connectivity index is 2.58. The summed E-state index contributed by atoms with van der Waals surface area (Å²) in [5.41, 5.74) is 12.1. The second-order valence-electron chi connectivity index (χ2n) is 3.90. The fourth-order valence-corrected chi connectivity index (χ4v) is 1.30. The van der Waals surface area contributed by atoms with Crippen LogP contribution < -0.4 is 11.5 Å². The zero-order valence-electron chi connectivity index (χ0n) is 10.6. The third-order valence-corrected chi connectivity index (χ3v) is 2.23. The second kappa shape index (κ2) is 6.44. The molecule has 1 aromatic carbocycles. The van der Waals surface area contributed by atoms with Crippen molar-refractivity contribution < 1.29 is 19.1 Å². The molecule has 0 aliphatic heterocycles. The Morgan fingerprint density at radius 2 is 2.11 bits per heavy atom. The third kappa shape index (κ3) is 4.34. The van der Waals surface area contributed by atoms with Crippen LogP contribution in [0.5, 0.6) is 0 Å². The molecule has 0 radical (unpaired) electrons. The van der Waals surface area contributed by atoms with Gasteiger partial charge in [-0.1, -0.05) is 6.58 Å². The fraction of sp³-hybridized carbons (Fsp3) is 0.231. The Bertz CT molecular complexity index is 499. The van der Waals surface area contributed by atoms with Crippen LogP contribution in [0.1, 0.15) is 17.3 Å². The van der Waals surface area contributed by atoms with E-state index >= 15 is 0 Å². The Kier molecular flexibility index (Phi) is 4.93. The van der Waals surface area contributed by atoms with Crippen LogP contribution in [0.15, 0.2) is 30.9 Å². The van der Waals surface area contributed by atoms with Gasteiger partial charge in [0.15, 0.2) is 0 Å². The van der Waals surface area contributed by atoms with Gasteiger partial charge in [0.2, 0.25) is 0 Å². The number of hydrogen-bond acceptors (Lipinski definition) is 6. The molecule has 0 heterocycles. The molecular formula is C13H16N2O4. The lowest BCUT2D eigenvalue weighted by molar-refractivity contribution is -0.144. The average molecular weight is 264 g/mol. The molecule has 1 aromatic rings. The molecule has 0 saturated heterocycles. The summed E-state index contributed by atoms with van der Waals surface area (Å²) >= 11 is 0. The summed E-state index contributed by atoms with van der Waals surface area (Å²) in [5.74, 6) is -1.20. The lowest BCUT2D eigenvalue weighted by Gasteiger charge is -2.13. The average Bonchev–Trinajstić information content (AvgIpc) is 2.38. The monoisotopic (exact) mass is 264 g/mol. The highest BCUT2D eigenvalue weighted by atomic mass is 16.6. The van der Waals surface area contributed by atoms with Crippen LogP contribution in [0.2, 0.25) is 0 Å². The van der Waals surface area contributed by atoms with Gasteiger partial charge < -0.3 is 20.9 Å². The van der Waals surface area contributed by atoms with Crippen molar-refractivity contribution >= 4 is 23.3 Å². The van der Waals surface area contributed by atoms with Crippen molar-refractivity contribution in [2.45, 2.75) is 13.0 Å². The van der Waals surface area contributed by atoms with Gasteiger partial charge >= 0.3 is 11.9 Å². The molecule has 1 rings (SSSR count). The summed E-state index contributed by atoms with van der Waals surface area (Å²) in [6.07, 6.45) is 0.463. The van der Waals surface area contributed by atoms with E-state index < -0.39 is 18.0 Å². The maximum atomic E-state index is 11.8. The highest BCUT2D eigenvalue weighted by Crippen LogP contribution is 2.16. The number of carbonyl (C=O) groups excluding carboxylic acids is 2. The summed E-state index contributed by atoms with van der Waals surface area (Å²) in [7, 11) is 0.